The second-order valence-electron chi connectivity index (χ2n) is 6.78. The molecule has 1 fully saturated rings. The molecule has 0 spiro atoms. The van der Waals surface area contributed by atoms with Crippen LogP contribution >= 0.6 is 0 Å². The molecule has 8 heteroatoms. The lowest BCUT2D eigenvalue weighted by atomic mass is 10.1. The zero-order valence-electron chi connectivity index (χ0n) is 16.8. The van der Waals surface area contributed by atoms with E-state index in [9.17, 15) is 4.79 Å². The van der Waals surface area contributed by atoms with Crippen LogP contribution < -0.4 is 20.7 Å². The first-order valence-electron chi connectivity index (χ1n) is 9.62. The molecule has 154 valence electrons. The van der Waals surface area contributed by atoms with E-state index in [0.717, 1.165) is 29.9 Å². The van der Waals surface area contributed by atoms with Crippen LogP contribution in [0.1, 0.15) is 17.5 Å². The summed E-state index contributed by atoms with van der Waals surface area (Å²) in [5.74, 6) is 1.20. The average molecular weight is 397 g/mol. The maximum absolute atomic E-state index is 12.1. The largest absolute Gasteiger partial charge is 0.488 e. The highest BCUT2D eigenvalue weighted by atomic mass is 16.5. The van der Waals surface area contributed by atoms with Crippen molar-refractivity contribution >= 4 is 17.6 Å². The Labute approximate surface area is 170 Å². The van der Waals surface area contributed by atoms with E-state index in [1.807, 2.05) is 25.1 Å². The molecular weight excluding hydrogens is 370 g/mol. The van der Waals surface area contributed by atoms with Crippen LogP contribution in [0.3, 0.4) is 0 Å². The van der Waals surface area contributed by atoms with E-state index >= 15 is 0 Å². The summed E-state index contributed by atoms with van der Waals surface area (Å²) in [6.45, 7) is 4.01. The molecule has 29 heavy (non-hydrogen) atoms. The minimum Gasteiger partial charge on any atom is -0.488 e. The number of nitrogens with zero attached hydrogens (tertiary/aromatic N) is 2. The van der Waals surface area contributed by atoms with Gasteiger partial charge in [0.05, 0.1) is 31.6 Å². The summed E-state index contributed by atoms with van der Waals surface area (Å²) in [4.78, 5) is 20.2. The lowest BCUT2D eigenvalue weighted by Gasteiger charge is -2.18. The van der Waals surface area contributed by atoms with Gasteiger partial charge in [-0.2, -0.15) is 0 Å². The molecule has 0 radical (unpaired) electrons. The van der Waals surface area contributed by atoms with Crippen molar-refractivity contribution in [2.24, 2.45) is 4.99 Å². The van der Waals surface area contributed by atoms with Crippen LogP contribution in [0.5, 0.6) is 5.75 Å². The van der Waals surface area contributed by atoms with Crippen LogP contribution in [0, 0.1) is 6.92 Å². The quantitative estimate of drug-likeness (QED) is 0.487. The minimum absolute atomic E-state index is 0.0872. The molecule has 2 aromatic rings. The fourth-order valence-electron chi connectivity index (χ4n) is 2.91. The Morgan fingerprint density at radius 2 is 2.24 bits per heavy atom. The van der Waals surface area contributed by atoms with Crippen molar-refractivity contribution in [2.75, 3.05) is 32.1 Å². The van der Waals surface area contributed by atoms with E-state index in [4.69, 9.17) is 9.47 Å². The Kier molecular flexibility index (Phi) is 7.40. The van der Waals surface area contributed by atoms with Crippen LogP contribution in [0.2, 0.25) is 0 Å². The third kappa shape index (κ3) is 6.46. The third-order valence-electron chi connectivity index (χ3n) is 4.44. The van der Waals surface area contributed by atoms with Gasteiger partial charge in [-0.3, -0.25) is 14.8 Å². The first-order valence-corrected chi connectivity index (χ1v) is 9.62. The van der Waals surface area contributed by atoms with Crippen molar-refractivity contribution in [3.8, 4) is 5.75 Å². The highest BCUT2D eigenvalue weighted by Gasteiger charge is 2.18. The number of nitrogens with one attached hydrogen (secondary N) is 3. The molecule has 1 amide bonds. The molecule has 2 heterocycles. The summed E-state index contributed by atoms with van der Waals surface area (Å²) in [5, 5.41) is 9.01. The Bertz CT molecular complexity index is 835. The molecular formula is C21H27N5O3. The number of ether oxygens (including phenoxy) is 2. The molecule has 3 N–H and O–H groups in total. The van der Waals surface area contributed by atoms with Crippen molar-refractivity contribution in [2.45, 2.75) is 26.0 Å². The van der Waals surface area contributed by atoms with E-state index in [-0.39, 0.29) is 18.6 Å². The molecule has 1 aliphatic heterocycles. The molecule has 0 bridgehead atoms. The van der Waals surface area contributed by atoms with Gasteiger partial charge in [0.25, 0.3) is 0 Å². The number of guanidine groups is 1. The summed E-state index contributed by atoms with van der Waals surface area (Å²) in [7, 11) is 1.66. The van der Waals surface area contributed by atoms with Gasteiger partial charge in [-0.25, -0.2) is 0 Å². The molecule has 0 aliphatic carbocycles. The predicted octanol–water partition coefficient (Wildman–Crippen LogP) is 1.86. The third-order valence-corrected chi connectivity index (χ3v) is 4.44. The summed E-state index contributed by atoms with van der Waals surface area (Å²) < 4.78 is 11.5. The van der Waals surface area contributed by atoms with Crippen LogP contribution in [-0.4, -0.2) is 49.8 Å². The van der Waals surface area contributed by atoms with E-state index < -0.39 is 0 Å². The number of aryl methyl sites for hydroxylation is 1. The van der Waals surface area contributed by atoms with E-state index in [0.29, 0.717) is 24.8 Å². The summed E-state index contributed by atoms with van der Waals surface area (Å²) >= 11 is 0. The number of amides is 1. The van der Waals surface area contributed by atoms with E-state index in [1.165, 1.54) is 0 Å². The first kappa shape index (κ1) is 20.6. The van der Waals surface area contributed by atoms with Gasteiger partial charge >= 0.3 is 0 Å². The topological polar surface area (TPSA) is 96.9 Å². The number of anilines is 1. The number of rotatable bonds is 7. The normalized spacial score (nSPS) is 16.3. The summed E-state index contributed by atoms with van der Waals surface area (Å²) in [6, 6.07) is 9.67. The van der Waals surface area contributed by atoms with Crippen LogP contribution in [-0.2, 0) is 16.1 Å². The fraction of sp³-hybridized carbons (Fsp3) is 0.381. The maximum Gasteiger partial charge on any atom is 0.243 e. The lowest BCUT2D eigenvalue weighted by molar-refractivity contribution is -0.115. The SMILES string of the molecule is CN=C(NCC(=O)Nc1cccnc1)NCc1ccc(C)cc1OC1CCOC1. The van der Waals surface area contributed by atoms with Crippen molar-refractivity contribution in [3.63, 3.8) is 0 Å². The second-order valence-corrected chi connectivity index (χ2v) is 6.78. The molecule has 8 nitrogen and oxygen atoms in total. The highest BCUT2D eigenvalue weighted by molar-refractivity contribution is 5.94. The van der Waals surface area contributed by atoms with Gasteiger partial charge in [-0.15, -0.1) is 0 Å². The average Bonchev–Trinajstić information content (AvgIpc) is 3.23. The van der Waals surface area contributed by atoms with Crippen molar-refractivity contribution in [1.82, 2.24) is 15.6 Å². The molecule has 1 aromatic carbocycles. The number of carbonyl (C=O) groups is 1. The number of benzene rings is 1. The monoisotopic (exact) mass is 397 g/mol. The van der Waals surface area contributed by atoms with Crippen LogP contribution in [0.15, 0.2) is 47.7 Å². The Hall–Kier alpha value is -3.13. The Morgan fingerprint density at radius 1 is 1.34 bits per heavy atom. The first-order chi connectivity index (χ1) is 14.1. The number of pyridine rings is 1. The number of hydrogen-bond acceptors (Lipinski definition) is 5. The van der Waals surface area contributed by atoms with Gasteiger partial charge in [0.1, 0.15) is 11.9 Å². The zero-order chi connectivity index (χ0) is 20.5. The molecule has 1 aromatic heterocycles. The van der Waals surface area contributed by atoms with E-state index in [1.54, 1.807) is 31.6 Å². The van der Waals surface area contributed by atoms with Crippen LogP contribution in [0.4, 0.5) is 5.69 Å². The van der Waals surface area contributed by atoms with Gasteiger partial charge < -0.3 is 25.4 Å². The predicted molar refractivity (Wildman–Crippen MR) is 112 cm³/mol. The van der Waals surface area contributed by atoms with Crippen molar-refractivity contribution in [3.05, 3.63) is 53.9 Å². The molecule has 1 saturated heterocycles. The summed E-state index contributed by atoms with van der Waals surface area (Å²) in [5.41, 5.74) is 2.81. The maximum atomic E-state index is 12.1. The zero-order valence-corrected chi connectivity index (χ0v) is 16.8. The molecule has 0 saturated carbocycles. The van der Waals surface area contributed by atoms with Gasteiger partial charge in [0, 0.05) is 31.8 Å². The standard InChI is InChI=1S/C21H27N5O3/c1-15-5-6-16(19(10-15)29-18-7-9-28-14-18)11-24-21(22-2)25-13-20(27)26-17-4-3-8-23-12-17/h3-6,8,10,12,18H,7,9,11,13-14H2,1-2H3,(H,26,27)(H2,22,24,25). The number of aromatic nitrogens is 1. The van der Waals surface area contributed by atoms with Crippen molar-refractivity contribution in [1.29, 1.82) is 0 Å². The minimum atomic E-state index is -0.179. The van der Waals surface area contributed by atoms with Gasteiger partial charge in [0.15, 0.2) is 5.96 Å². The fourth-order valence-corrected chi connectivity index (χ4v) is 2.91. The number of hydrogen-bond donors (Lipinski definition) is 3. The lowest BCUT2D eigenvalue weighted by Crippen LogP contribution is -2.41. The molecule has 3 rings (SSSR count). The molecule has 1 aliphatic rings. The second kappa shape index (κ2) is 10.4. The van der Waals surface area contributed by atoms with Gasteiger partial charge in [0.2, 0.25) is 5.91 Å². The number of carbonyl (C=O) groups excluding carboxylic acids is 1. The van der Waals surface area contributed by atoms with Gasteiger partial charge in [-0.05, 0) is 30.7 Å². The van der Waals surface area contributed by atoms with Crippen LogP contribution in [0.25, 0.3) is 0 Å². The summed E-state index contributed by atoms with van der Waals surface area (Å²) in [6.07, 6.45) is 4.24. The van der Waals surface area contributed by atoms with E-state index in [2.05, 4.69) is 25.9 Å². The Balaban J connectivity index is 1.51. The van der Waals surface area contributed by atoms with Crippen molar-refractivity contribution < 1.29 is 14.3 Å². The highest BCUT2D eigenvalue weighted by Crippen LogP contribution is 2.23. The molecule has 1 atom stereocenters. The molecule has 1 unspecified atom stereocenters. The smallest absolute Gasteiger partial charge is 0.243 e. The Morgan fingerprint density at radius 3 is 2.97 bits per heavy atom. The van der Waals surface area contributed by atoms with Gasteiger partial charge in [-0.1, -0.05) is 12.1 Å². The number of aliphatic imine (C=N–C) groups is 1.